The summed E-state index contributed by atoms with van der Waals surface area (Å²) in [5, 5.41) is 5.58. The topological polar surface area (TPSA) is 24.1 Å². The van der Waals surface area contributed by atoms with Gasteiger partial charge in [0.25, 0.3) is 0 Å². The van der Waals surface area contributed by atoms with Crippen molar-refractivity contribution < 1.29 is 13.2 Å². The van der Waals surface area contributed by atoms with E-state index >= 15 is 0 Å². The number of alkyl halides is 3. The maximum atomic E-state index is 12.4. The molecule has 0 atom stereocenters. The van der Waals surface area contributed by atoms with E-state index in [1.807, 2.05) is 7.05 Å². The van der Waals surface area contributed by atoms with Crippen molar-refractivity contribution in [2.75, 3.05) is 20.1 Å². The lowest BCUT2D eigenvalue weighted by molar-refractivity contribution is -0.165. The largest absolute Gasteiger partial charge is 0.406 e. The molecule has 14 heavy (non-hydrogen) atoms. The summed E-state index contributed by atoms with van der Waals surface area (Å²) >= 11 is 0. The first-order chi connectivity index (χ1) is 6.52. The molecule has 5 heteroatoms. The molecule has 2 N–H and O–H groups in total. The molecule has 1 aliphatic rings. The van der Waals surface area contributed by atoms with Crippen molar-refractivity contribution in [1.82, 2.24) is 10.6 Å². The summed E-state index contributed by atoms with van der Waals surface area (Å²) in [5.74, 6) is 0. The van der Waals surface area contributed by atoms with Crippen LogP contribution in [0.1, 0.15) is 25.7 Å². The third-order valence-corrected chi connectivity index (χ3v) is 2.61. The molecule has 0 amide bonds. The van der Waals surface area contributed by atoms with Gasteiger partial charge in [0.15, 0.2) is 0 Å². The Morgan fingerprint density at radius 1 is 1.14 bits per heavy atom. The molecule has 0 aromatic carbocycles. The van der Waals surface area contributed by atoms with Crippen LogP contribution in [0, 0.1) is 0 Å². The van der Waals surface area contributed by atoms with Gasteiger partial charge in [-0.15, -0.1) is 0 Å². The molecule has 0 aliphatic heterocycles. The highest BCUT2D eigenvalue weighted by molar-refractivity contribution is 5.07. The third-order valence-electron chi connectivity index (χ3n) is 2.61. The predicted molar refractivity (Wildman–Crippen MR) is 49.2 cm³/mol. The van der Waals surface area contributed by atoms with Crippen molar-refractivity contribution in [3.05, 3.63) is 0 Å². The second kappa shape index (κ2) is 4.49. The van der Waals surface area contributed by atoms with Crippen LogP contribution < -0.4 is 10.6 Å². The summed E-state index contributed by atoms with van der Waals surface area (Å²) in [6.45, 7) is 1.32. The Labute approximate surface area is 82.2 Å². The van der Waals surface area contributed by atoms with Crippen LogP contribution in [0.15, 0.2) is 0 Å². The molecular weight excluding hydrogens is 193 g/mol. The van der Waals surface area contributed by atoms with Crippen molar-refractivity contribution in [1.29, 1.82) is 0 Å². The summed E-state index contributed by atoms with van der Waals surface area (Å²) in [7, 11) is 1.84. The highest BCUT2D eigenvalue weighted by Crippen LogP contribution is 2.48. The molecule has 1 aliphatic carbocycles. The standard InChI is InChI=1S/C9H17F3N2/c1-13-6-2-3-7-14-8(4-5-8)9(10,11)12/h13-14H,2-7H2,1H3. The molecule has 0 aromatic heterocycles. The van der Waals surface area contributed by atoms with Crippen molar-refractivity contribution in [3.8, 4) is 0 Å². The van der Waals surface area contributed by atoms with Crippen LogP contribution in [0.5, 0.6) is 0 Å². The fourth-order valence-corrected chi connectivity index (χ4v) is 1.44. The molecule has 2 nitrogen and oxygen atoms in total. The van der Waals surface area contributed by atoms with E-state index in [0.29, 0.717) is 6.54 Å². The normalized spacial score (nSPS) is 19.7. The first-order valence-corrected chi connectivity index (χ1v) is 4.98. The van der Waals surface area contributed by atoms with Gasteiger partial charge in [-0.25, -0.2) is 0 Å². The van der Waals surface area contributed by atoms with E-state index in [2.05, 4.69) is 10.6 Å². The highest BCUT2D eigenvalue weighted by atomic mass is 19.4. The lowest BCUT2D eigenvalue weighted by Gasteiger charge is -2.20. The fraction of sp³-hybridized carbons (Fsp3) is 1.00. The van der Waals surface area contributed by atoms with E-state index in [1.165, 1.54) is 0 Å². The number of halogens is 3. The zero-order valence-electron chi connectivity index (χ0n) is 8.38. The average molecular weight is 210 g/mol. The van der Waals surface area contributed by atoms with E-state index in [4.69, 9.17) is 0 Å². The van der Waals surface area contributed by atoms with Crippen LogP contribution in [0.2, 0.25) is 0 Å². The second-order valence-electron chi connectivity index (χ2n) is 3.82. The minimum Gasteiger partial charge on any atom is -0.320 e. The number of hydrogen-bond acceptors (Lipinski definition) is 2. The zero-order chi connectivity index (χ0) is 10.7. The van der Waals surface area contributed by atoms with E-state index in [1.54, 1.807) is 0 Å². The maximum Gasteiger partial charge on any atom is 0.406 e. The summed E-state index contributed by atoms with van der Waals surface area (Å²) in [6, 6.07) is 0. The summed E-state index contributed by atoms with van der Waals surface area (Å²) < 4.78 is 37.2. The monoisotopic (exact) mass is 210 g/mol. The smallest absolute Gasteiger partial charge is 0.320 e. The first-order valence-electron chi connectivity index (χ1n) is 4.98. The molecule has 1 rings (SSSR count). The molecule has 0 heterocycles. The van der Waals surface area contributed by atoms with Crippen LogP contribution >= 0.6 is 0 Å². The molecule has 0 bridgehead atoms. The van der Waals surface area contributed by atoms with Gasteiger partial charge in [0.2, 0.25) is 0 Å². The Balaban J connectivity index is 2.12. The van der Waals surface area contributed by atoms with Gasteiger partial charge < -0.3 is 10.6 Å². The van der Waals surface area contributed by atoms with Crippen molar-refractivity contribution in [2.45, 2.75) is 37.4 Å². The van der Waals surface area contributed by atoms with Gasteiger partial charge in [0.05, 0.1) is 0 Å². The number of hydrogen-bond donors (Lipinski definition) is 2. The summed E-state index contributed by atoms with van der Waals surface area (Å²) in [5.41, 5.74) is -1.54. The molecule has 0 spiro atoms. The quantitative estimate of drug-likeness (QED) is 0.652. The Morgan fingerprint density at radius 3 is 2.14 bits per heavy atom. The highest BCUT2D eigenvalue weighted by Gasteiger charge is 2.62. The van der Waals surface area contributed by atoms with Crippen molar-refractivity contribution in [3.63, 3.8) is 0 Å². The van der Waals surface area contributed by atoms with E-state index < -0.39 is 11.7 Å². The van der Waals surface area contributed by atoms with Crippen LogP contribution in [0.25, 0.3) is 0 Å². The van der Waals surface area contributed by atoms with E-state index in [-0.39, 0.29) is 12.8 Å². The average Bonchev–Trinajstić information content (AvgIpc) is 2.84. The first kappa shape index (κ1) is 11.8. The van der Waals surface area contributed by atoms with Gasteiger partial charge in [0, 0.05) is 0 Å². The number of rotatable bonds is 6. The molecule has 1 fully saturated rings. The van der Waals surface area contributed by atoms with Crippen molar-refractivity contribution >= 4 is 0 Å². The van der Waals surface area contributed by atoms with Gasteiger partial charge in [-0.3, -0.25) is 0 Å². The lowest BCUT2D eigenvalue weighted by atomic mass is 10.2. The van der Waals surface area contributed by atoms with Gasteiger partial charge in [-0.05, 0) is 45.8 Å². The van der Waals surface area contributed by atoms with Crippen LogP contribution in [0.4, 0.5) is 13.2 Å². The SMILES string of the molecule is CNCCCCNC1(C(F)(F)F)CC1. The molecule has 84 valence electrons. The van der Waals surface area contributed by atoms with Crippen molar-refractivity contribution in [2.24, 2.45) is 0 Å². The second-order valence-corrected chi connectivity index (χ2v) is 3.82. The molecule has 0 saturated heterocycles. The molecular formula is C9H17F3N2. The maximum absolute atomic E-state index is 12.4. The molecule has 0 radical (unpaired) electrons. The van der Waals surface area contributed by atoms with Gasteiger partial charge >= 0.3 is 6.18 Å². The van der Waals surface area contributed by atoms with Crippen LogP contribution in [-0.4, -0.2) is 31.9 Å². The Bertz CT molecular complexity index is 175. The Kier molecular flexibility index (Phi) is 3.78. The predicted octanol–water partition coefficient (Wildman–Crippen LogP) is 1.67. The van der Waals surface area contributed by atoms with E-state index in [0.717, 1.165) is 19.4 Å². The fourth-order valence-electron chi connectivity index (χ4n) is 1.44. The third kappa shape index (κ3) is 2.85. The Hall–Kier alpha value is -0.290. The van der Waals surface area contributed by atoms with Crippen LogP contribution in [-0.2, 0) is 0 Å². The zero-order valence-corrected chi connectivity index (χ0v) is 8.38. The number of nitrogens with one attached hydrogen (secondary N) is 2. The minimum absolute atomic E-state index is 0.239. The molecule has 0 unspecified atom stereocenters. The van der Waals surface area contributed by atoms with Gasteiger partial charge in [0.1, 0.15) is 5.54 Å². The molecule has 0 aromatic rings. The summed E-state index contributed by atoms with van der Waals surface area (Å²) in [6.07, 6.45) is -1.89. The van der Waals surface area contributed by atoms with Gasteiger partial charge in [-0.2, -0.15) is 13.2 Å². The Morgan fingerprint density at radius 2 is 1.71 bits per heavy atom. The molecule has 1 saturated carbocycles. The summed E-state index contributed by atoms with van der Waals surface area (Å²) in [4.78, 5) is 0. The van der Waals surface area contributed by atoms with Gasteiger partial charge in [-0.1, -0.05) is 0 Å². The van der Waals surface area contributed by atoms with E-state index in [9.17, 15) is 13.2 Å². The van der Waals surface area contributed by atoms with Crippen LogP contribution in [0.3, 0.4) is 0 Å². The number of unbranched alkanes of at least 4 members (excludes halogenated alkanes) is 1. The lowest BCUT2D eigenvalue weighted by Crippen LogP contribution is -2.45. The minimum atomic E-state index is -4.07.